The highest BCUT2D eigenvalue weighted by Gasteiger charge is 2.21. The van der Waals surface area contributed by atoms with E-state index in [4.69, 9.17) is 9.84 Å². The molecule has 0 saturated heterocycles. The van der Waals surface area contributed by atoms with Crippen molar-refractivity contribution in [2.45, 2.75) is 11.8 Å². The first-order chi connectivity index (χ1) is 14.2. The summed E-state index contributed by atoms with van der Waals surface area (Å²) < 4.78 is 30.9. The monoisotopic (exact) mass is 435 g/mol. The number of aliphatic hydroxyl groups excluding tert-OH is 1. The highest BCUT2D eigenvalue weighted by molar-refractivity contribution is 7.89. The fraction of sp³-hybridized carbons (Fsp3) is 0.300. The molecule has 0 aliphatic heterocycles. The minimum absolute atomic E-state index is 0.0752. The zero-order valence-corrected chi connectivity index (χ0v) is 17.8. The van der Waals surface area contributed by atoms with E-state index in [2.05, 4.69) is 10.6 Å². The molecule has 0 radical (unpaired) electrons. The zero-order valence-electron chi connectivity index (χ0n) is 17.0. The Labute approximate surface area is 175 Å². The first kappa shape index (κ1) is 23.3. The molecular weight excluding hydrogens is 410 g/mol. The van der Waals surface area contributed by atoms with Crippen LogP contribution in [-0.4, -0.2) is 63.6 Å². The minimum Gasteiger partial charge on any atom is -0.452 e. The van der Waals surface area contributed by atoms with Gasteiger partial charge in [-0.1, -0.05) is 18.2 Å². The molecule has 9 nitrogen and oxygen atoms in total. The topological polar surface area (TPSA) is 125 Å². The van der Waals surface area contributed by atoms with Crippen LogP contribution in [0, 0.1) is 6.92 Å². The van der Waals surface area contributed by atoms with E-state index < -0.39 is 28.5 Å². The van der Waals surface area contributed by atoms with Gasteiger partial charge in [-0.2, -0.15) is 0 Å². The van der Waals surface area contributed by atoms with Crippen molar-refractivity contribution in [1.82, 2.24) is 4.31 Å². The van der Waals surface area contributed by atoms with Crippen LogP contribution in [-0.2, 0) is 19.6 Å². The number of hydrogen-bond donors (Lipinski definition) is 3. The Balaban J connectivity index is 2.05. The molecule has 0 spiro atoms. The summed E-state index contributed by atoms with van der Waals surface area (Å²) in [5.41, 5.74) is 1.52. The van der Waals surface area contributed by atoms with Crippen LogP contribution in [0.25, 0.3) is 0 Å². The normalized spacial score (nSPS) is 11.2. The lowest BCUT2D eigenvalue weighted by Crippen LogP contribution is -2.24. The van der Waals surface area contributed by atoms with Gasteiger partial charge >= 0.3 is 5.97 Å². The van der Waals surface area contributed by atoms with Gasteiger partial charge in [-0.3, -0.25) is 4.79 Å². The fourth-order valence-electron chi connectivity index (χ4n) is 2.56. The summed E-state index contributed by atoms with van der Waals surface area (Å²) >= 11 is 0. The Morgan fingerprint density at radius 1 is 1.13 bits per heavy atom. The van der Waals surface area contributed by atoms with E-state index >= 15 is 0 Å². The number of sulfonamides is 1. The first-order valence-corrected chi connectivity index (χ1v) is 10.5. The summed E-state index contributed by atoms with van der Waals surface area (Å²) in [4.78, 5) is 24.6. The van der Waals surface area contributed by atoms with Gasteiger partial charge in [0.15, 0.2) is 6.61 Å². The molecule has 2 aromatic carbocycles. The number of hydrogen-bond acceptors (Lipinski definition) is 7. The van der Waals surface area contributed by atoms with E-state index in [-0.39, 0.29) is 29.3 Å². The highest BCUT2D eigenvalue weighted by Crippen LogP contribution is 2.22. The molecule has 30 heavy (non-hydrogen) atoms. The Morgan fingerprint density at radius 2 is 1.83 bits per heavy atom. The second-order valence-electron chi connectivity index (χ2n) is 6.59. The summed E-state index contributed by atoms with van der Waals surface area (Å²) in [6.45, 7) is 1.27. The van der Waals surface area contributed by atoms with Gasteiger partial charge in [0.05, 0.1) is 17.1 Å². The number of para-hydroxylation sites is 1. The number of nitrogens with zero attached hydrogens (tertiary/aromatic N) is 1. The molecule has 0 unspecified atom stereocenters. The molecule has 0 aliphatic carbocycles. The zero-order chi connectivity index (χ0) is 22.3. The quantitative estimate of drug-likeness (QED) is 0.509. The van der Waals surface area contributed by atoms with Crippen molar-refractivity contribution >= 4 is 33.3 Å². The molecular formula is C20H25N3O6S. The van der Waals surface area contributed by atoms with Gasteiger partial charge in [-0.25, -0.2) is 17.5 Å². The van der Waals surface area contributed by atoms with Crippen LogP contribution >= 0.6 is 0 Å². The van der Waals surface area contributed by atoms with E-state index in [1.165, 1.54) is 26.2 Å². The van der Waals surface area contributed by atoms with Crippen molar-refractivity contribution in [3.8, 4) is 0 Å². The number of nitrogens with one attached hydrogen (secondary N) is 2. The summed E-state index contributed by atoms with van der Waals surface area (Å²) in [5.74, 6) is -1.31. The third kappa shape index (κ3) is 5.78. The maximum absolute atomic E-state index is 12.4. The van der Waals surface area contributed by atoms with E-state index in [1.807, 2.05) is 0 Å². The van der Waals surface area contributed by atoms with Crippen LogP contribution in [0.5, 0.6) is 0 Å². The molecule has 3 N–H and O–H groups in total. The predicted molar refractivity (Wildman–Crippen MR) is 113 cm³/mol. The SMILES string of the molecule is Cc1ccc(NC(=O)COC(=O)c2ccccc2NCCO)cc1S(=O)(=O)N(C)C. The average molecular weight is 436 g/mol. The maximum Gasteiger partial charge on any atom is 0.340 e. The lowest BCUT2D eigenvalue weighted by molar-refractivity contribution is -0.119. The van der Waals surface area contributed by atoms with Crippen LogP contribution < -0.4 is 10.6 Å². The Bertz CT molecular complexity index is 1020. The lowest BCUT2D eigenvalue weighted by Gasteiger charge is -2.15. The largest absolute Gasteiger partial charge is 0.452 e. The molecule has 2 aromatic rings. The van der Waals surface area contributed by atoms with Crippen molar-refractivity contribution in [3.05, 3.63) is 53.6 Å². The van der Waals surface area contributed by atoms with Gasteiger partial charge in [-0.05, 0) is 36.8 Å². The molecule has 0 saturated carbocycles. The second-order valence-corrected chi connectivity index (χ2v) is 8.71. The van der Waals surface area contributed by atoms with Crippen molar-refractivity contribution in [2.75, 3.05) is 44.5 Å². The van der Waals surface area contributed by atoms with Gasteiger partial charge in [0, 0.05) is 32.0 Å². The molecule has 0 aromatic heterocycles. The summed E-state index contributed by atoms with van der Waals surface area (Å²) in [7, 11) is -0.822. The van der Waals surface area contributed by atoms with E-state index in [0.717, 1.165) is 4.31 Å². The van der Waals surface area contributed by atoms with Crippen LogP contribution in [0.1, 0.15) is 15.9 Å². The van der Waals surface area contributed by atoms with Crippen LogP contribution in [0.15, 0.2) is 47.4 Å². The van der Waals surface area contributed by atoms with Crippen molar-refractivity contribution in [1.29, 1.82) is 0 Å². The minimum atomic E-state index is -3.67. The van der Waals surface area contributed by atoms with Gasteiger partial charge in [-0.15, -0.1) is 0 Å². The van der Waals surface area contributed by atoms with E-state index in [9.17, 15) is 18.0 Å². The number of anilines is 2. The molecule has 0 heterocycles. The number of amides is 1. The maximum atomic E-state index is 12.4. The first-order valence-electron chi connectivity index (χ1n) is 9.10. The number of carbonyl (C=O) groups excluding carboxylic acids is 2. The van der Waals surface area contributed by atoms with Crippen LogP contribution in [0.4, 0.5) is 11.4 Å². The van der Waals surface area contributed by atoms with Crippen LogP contribution in [0.2, 0.25) is 0 Å². The fourth-order valence-corrected chi connectivity index (χ4v) is 3.71. The summed E-state index contributed by atoms with van der Waals surface area (Å²) in [6.07, 6.45) is 0. The van der Waals surface area contributed by atoms with Crippen molar-refractivity contribution < 1.29 is 27.9 Å². The van der Waals surface area contributed by atoms with Gasteiger partial charge in [0.1, 0.15) is 0 Å². The number of aryl methyl sites for hydroxylation is 1. The van der Waals surface area contributed by atoms with Crippen molar-refractivity contribution in [3.63, 3.8) is 0 Å². The van der Waals surface area contributed by atoms with Gasteiger partial charge in [0.25, 0.3) is 5.91 Å². The molecule has 0 atom stereocenters. The Kier molecular flexibility index (Phi) is 7.93. The molecule has 0 aliphatic rings. The number of carbonyl (C=O) groups is 2. The van der Waals surface area contributed by atoms with Gasteiger partial charge in [0.2, 0.25) is 10.0 Å². The number of esters is 1. The van der Waals surface area contributed by atoms with Crippen LogP contribution in [0.3, 0.4) is 0 Å². The number of aliphatic hydroxyl groups is 1. The third-order valence-electron chi connectivity index (χ3n) is 4.14. The molecule has 162 valence electrons. The molecule has 10 heteroatoms. The van der Waals surface area contributed by atoms with E-state index in [0.29, 0.717) is 11.3 Å². The predicted octanol–water partition coefficient (Wildman–Crippen LogP) is 1.45. The number of ether oxygens (including phenoxy) is 1. The molecule has 0 fully saturated rings. The molecule has 2 rings (SSSR count). The third-order valence-corrected chi connectivity index (χ3v) is 6.10. The molecule has 1 amide bonds. The summed E-state index contributed by atoms with van der Waals surface area (Å²) in [5, 5.41) is 14.3. The standard InChI is InChI=1S/C20H25N3O6S/c1-14-8-9-15(12-18(14)30(27,28)23(2)3)22-19(25)13-29-20(26)16-6-4-5-7-17(16)21-10-11-24/h4-9,12,21,24H,10-11,13H2,1-3H3,(H,22,25). The number of rotatable bonds is 9. The van der Waals surface area contributed by atoms with Crippen molar-refractivity contribution in [2.24, 2.45) is 0 Å². The second kappa shape index (κ2) is 10.2. The molecule has 0 bridgehead atoms. The van der Waals surface area contributed by atoms with E-state index in [1.54, 1.807) is 37.3 Å². The smallest absolute Gasteiger partial charge is 0.340 e. The average Bonchev–Trinajstić information content (AvgIpc) is 2.71. The Hall–Kier alpha value is -2.95. The highest BCUT2D eigenvalue weighted by atomic mass is 32.2. The summed E-state index contributed by atoms with van der Waals surface area (Å²) in [6, 6.07) is 11.1. The Morgan fingerprint density at radius 3 is 2.50 bits per heavy atom. The lowest BCUT2D eigenvalue weighted by atomic mass is 10.2. The number of benzene rings is 2. The van der Waals surface area contributed by atoms with Gasteiger partial charge < -0.3 is 20.5 Å².